The number of hydrogen-bond donors (Lipinski definition) is 2. The summed E-state index contributed by atoms with van der Waals surface area (Å²) < 4.78 is 13.3. The van der Waals surface area contributed by atoms with Gasteiger partial charge in [-0.2, -0.15) is 0 Å². The smallest absolute Gasteiger partial charge is 0.331 e. The third-order valence-electron chi connectivity index (χ3n) is 6.40. The number of rotatable bonds is 9. The van der Waals surface area contributed by atoms with Gasteiger partial charge in [-0.25, -0.2) is 4.79 Å². The van der Waals surface area contributed by atoms with E-state index in [9.17, 15) is 19.2 Å². The van der Waals surface area contributed by atoms with Gasteiger partial charge in [0.2, 0.25) is 11.8 Å². The van der Waals surface area contributed by atoms with E-state index in [-0.39, 0.29) is 30.8 Å². The summed E-state index contributed by atoms with van der Waals surface area (Å²) >= 11 is 0. The number of hydrogen-bond acceptors (Lipinski definition) is 6. The number of fused-ring (bicyclic) bond motifs is 2. The lowest BCUT2D eigenvalue weighted by Gasteiger charge is -2.19. The number of para-hydroxylation sites is 1. The molecular weight excluding hydrogens is 500 g/mol. The lowest BCUT2D eigenvalue weighted by atomic mass is 10.1. The summed E-state index contributed by atoms with van der Waals surface area (Å²) in [7, 11) is 0. The van der Waals surface area contributed by atoms with Crippen LogP contribution in [0.4, 0.5) is 5.69 Å². The van der Waals surface area contributed by atoms with Gasteiger partial charge in [0.05, 0.1) is 10.9 Å². The number of amides is 2. The number of aromatic nitrogens is 2. The zero-order valence-electron chi connectivity index (χ0n) is 21.2. The third-order valence-corrected chi connectivity index (χ3v) is 6.40. The molecule has 3 aromatic carbocycles. The van der Waals surface area contributed by atoms with Gasteiger partial charge in [-0.05, 0) is 36.2 Å². The fourth-order valence-electron chi connectivity index (χ4n) is 4.48. The van der Waals surface area contributed by atoms with Crippen LogP contribution in [0, 0.1) is 0 Å². The van der Waals surface area contributed by atoms with E-state index < -0.39 is 17.2 Å². The SMILES string of the molecule is O=C(CCn1c(=O)c2ccccc2n(CC(=O)Nc2ccc3c(c2)OCCO3)c1=O)NCCc1ccccc1. The molecule has 2 N–H and O–H groups in total. The van der Waals surface area contributed by atoms with Crippen molar-refractivity contribution < 1.29 is 19.1 Å². The number of anilines is 1. The Morgan fingerprint density at radius 1 is 0.821 bits per heavy atom. The minimum Gasteiger partial charge on any atom is -0.486 e. The van der Waals surface area contributed by atoms with Crippen LogP contribution in [0.15, 0.2) is 82.4 Å². The number of benzene rings is 3. The van der Waals surface area contributed by atoms with Crippen molar-refractivity contribution in [2.75, 3.05) is 25.1 Å². The van der Waals surface area contributed by atoms with Crippen molar-refractivity contribution in [2.24, 2.45) is 0 Å². The topological polar surface area (TPSA) is 121 Å². The fourth-order valence-corrected chi connectivity index (χ4v) is 4.48. The number of ether oxygens (including phenoxy) is 2. The van der Waals surface area contributed by atoms with Gasteiger partial charge in [0.25, 0.3) is 5.56 Å². The zero-order valence-corrected chi connectivity index (χ0v) is 21.2. The summed E-state index contributed by atoms with van der Waals surface area (Å²) in [6, 6.07) is 21.4. The van der Waals surface area contributed by atoms with Gasteiger partial charge >= 0.3 is 5.69 Å². The minimum absolute atomic E-state index is 0.0499. The average Bonchev–Trinajstić information content (AvgIpc) is 2.96. The van der Waals surface area contributed by atoms with Crippen molar-refractivity contribution in [3.8, 4) is 11.5 Å². The first-order valence-electron chi connectivity index (χ1n) is 12.7. The molecule has 0 saturated carbocycles. The number of nitrogens with one attached hydrogen (secondary N) is 2. The molecule has 0 saturated heterocycles. The van der Waals surface area contributed by atoms with Crippen LogP contribution >= 0.6 is 0 Å². The molecular formula is C29H28N4O6. The van der Waals surface area contributed by atoms with Crippen LogP contribution in [-0.2, 0) is 29.1 Å². The summed E-state index contributed by atoms with van der Waals surface area (Å²) in [5.41, 5.74) is 0.765. The molecule has 1 aliphatic heterocycles. The van der Waals surface area contributed by atoms with Crippen LogP contribution in [0.2, 0.25) is 0 Å². The summed E-state index contributed by atoms with van der Waals surface area (Å²) in [5.74, 6) is 0.394. The van der Waals surface area contributed by atoms with Crippen LogP contribution in [0.3, 0.4) is 0 Å². The van der Waals surface area contributed by atoms with E-state index >= 15 is 0 Å². The average molecular weight is 529 g/mol. The Bertz CT molecular complexity index is 1630. The van der Waals surface area contributed by atoms with Gasteiger partial charge in [-0.1, -0.05) is 42.5 Å². The Hall–Kier alpha value is -4.86. The highest BCUT2D eigenvalue weighted by Crippen LogP contribution is 2.32. The maximum absolute atomic E-state index is 13.4. The molecule has 1 aromatic heterocycles. The molecule has 0 bridgehead atoms. The first-order valence-corrected chi connectivity index (χ1v) is 12.7. The molecule has 2 amide bonds. The van der Waals surface area contributed by atoms with Gasteiger partial charge in [-0.3, -0.25) is 23.5 Å². The van der Waals surface area contributed by atoms with E-state index in [1.165, 1.54) is 4.57 Å². The number of nitrogens with zero attached hydrogens (tertiary/aromatic N) is 2. The van der Waals surface area contributed by atoms with Crippen LogP contribution < -0.4 is 31.4 Å². The molecule has 0 aliphatic carbocycles. The number of carbonyl (C=O) groups is 2. The summed E-state index contributed by atoms with van der Waals surface area (Å²) in [6.45, 7) is 0.888. The van der Waals surface area contributed by atoms with Gasteiger partial charge in [-0.15, -0.1) is 0 Å². The van der Waals surface area contributed by atoms with Crippen molar-refractivity contribution in [2.45, 2.75) is 25.9 Å². The Balaban J connectivity index is 1.30. The second kappa shape index (κ2) is 11.7. The van der Waals surface area contributed by atoms with Crippen molar-refractivity contribution >= 4 is 28.4 Å². The normalized spacial score (nSPS) is 12.2. The van der Waals surface area contributed by atoms with E-state index in [2.05, 4.69) is 10.6 Å². The highest BCUT2D eigenvalue weighted by atomic mass is 16.6. The molecule has 5 rings (SSSR count). The van der Waals surface area contributed by atoms with Crippen molar-refractivity contribution in [3.63, 3.8) is 0 Å². The predicted molar refractivity (Wildman–Crippen MR) is 146 cm³/mol. The molecule has 0 fully saturated rings. The van der Waals surface area contributed by atoms with Gasteiger partial charge in [0.1, 0.15) is 19.8 Å². The Labute approximate surface area is 223 Å². The van der Waals surface area contributed by atoms with Crippen molar-refractivity contribution in [1.82, 2.24) is 14.5 Å². The molecule has 1 aliphatic rings. The summed E-state index contributed by atoms with van der Waals surface area (Å²) in [5, 5.41) is 5.88. The van der Waals surface area contributed by atoms with Crippen molar-refractivity contribution in [1.29, 1.82) is 0 Å². The molecule has 0 radical (unpaired) electrons. The van der Waals surface area contributed by atoms with Gasteiger partial charge in [0.15, 0.2) is 11.5 Å². The molecule has 200 valence electrons. The van der Waals surface area contributed by atoms with Gasteiger partial charge < -0.3 is 20.1 Å². The summed E-state index contributed by atoms with van der Waals surface area (Å²) in [6.07, 6.45) is 0.624. The predicted octanol–water partition coefficient (Wildman–Crippen LogP) is 2.32. The van der Waals surface area contributed by atoms with Crippen LogP contribution in [-0.4, -0.2) is 40.7 Å². The quantitative estimate of drug-likeness (QED) is 0.344. The molecule has 39 heavy (non-hydrogen) atoms. The van der Waals surface area contributed by atoms with Crippen LogP contribution in [0.1, 0.15) is 12.0 Å². The monoisotopic (exact) mass is 528 g/mol. The van der Waals surface area contributed by atoms with E-state index in [0.29, 0.717) is 48.9 Å². The highest BCUT2D eigenvalue weighted by molar-refractivity contribution is 5.92. The van der Waals surface area contributed by atoms with Crippen LogP contribution in [0.25, 0.3) is 10.9 Å². The van der Waals surface area contributed by atoms with E-state index in [0.717, 1.165) is 10.1 Å². The van der Waals surface area contributed by atoms with E-state index in [1.54, 1.807) is 42.5 Å². The lowest BCUT2D eigenvalue weighted by Crippen LogP contribution is -2.42. The van der Waals surface area contributed by atoms with Crippen LogP contribution in [0.5, 0.6) is 11.5 Å². The lowest BCUT2D eigenvalue weighted by molar-refractivity contribution is -0.121. The Kier molecular flexibility index (Phi) is 7.72. The van der Waals surface area contributed by atoms with Gasteiger partial charge in [0, 0.05) is 31.3 Å². The molecule has 4 aromatic rings. The number of carbonyl (C=O) groups excluding carboxylic acids is 2. The molecule has 0 atom stereocenters. The molecule has 2 heterocycles. The molecule has 0 unspecified atom stereocenters. The Morgan fingerprint density at radius 3 is 2.38 bits per heavy atom. The minimum atomic E-state index is -0.659. The van der Waals surface area contributed by atoms with Crippen molar-refractivity contribution in [3.05, 3.63) is 99.2 Å². The first kappa shape index (κ1) is 25.8. The molecule has 0 spiro atoms. The first-order chi connectivity index (χ1) is 19.0. The Morgan fingerprint density at radius 2 is 1.56 bits per heavy atom. The molecule has 10 nitrogen and oxygen atoms in total. The molecule has 10 heteroatoms. The standard InChI is InChI=1S/C29H28N4O6/c34-26(30-14-12-20-6-2-1-3-7-20)13-15-32-28(36)22-8-4-5-9-23(22)33(29(32)37)19-27(35)31-21-10-11-24-25(18-21)39-17-16-38-24/h1-11,18H,12-17,19H2,(H,30,34)(H,31,35). The second-order valence-electron chi connectivity index (χ2n) is 9.08. The van der Waals surface area contributed by atoms with E-state index in [4.69, 9.17) is 9.47 Å². The fraction of sp³-hybridized carbons (Fsp3) is 0.241. The largest absolute Gasteiger partial charge is 0.486 e. The van der Waals surface area contributed by atoms with E-state index in [1.807, 2.05) is 30.3 Å². The third kappa shape index (κ3) is 6.01. The maximum Gasteiger partial charge on any atom is 0.331 e. The zero-order chi connectivity index (χ0) is 27.2. The maximum atomic E-state index is 13.4. The highest BCUT2D eigenvalue weighted by Gasteiger charge is 2.17. The summed E-state index contributed by atoms with van der Waals surface area (Å²) in [4.78, 5) is 51.9. The second-order valence-corrected chi connectivity index (χ2v) is 9.08.